The van der Waals surface area contributed by atoms with Gasteiger partial charge in [0, 0.05) is 12.1 Å². The van der Waals surface area contributed by atoms with Gasteiger partial charge in [-0.25, -0.2) is 4.98 Å². The molecule has 0 amide bonds. The third-order valence-corrected chi connectivity index (χ3v) is 3.36. The zero-order valence-electron chi connectivity index (χ0n) is 8.54. The number of benzene rings is 1. The van der Waals surface area contributed by atoms with Crippen LogP contribution in [0.4, 0.5) is 10.8 Å². The zero-order chi connectivity index (χ0) is 12.0. The Morgan fingerprint density at radius 2 is 2.35 bits per heavy atom. The Kier molecular flexibility index (Phi) is 2.02. The summed E-state index contributed by atoms with van der Waals surface area (Å²) in [5.41, 5.74) is 6.98. The fraction of sp³-hybridized carbons (Fsp3) is 0.100. The van der Waals surface area contributed by atoms with Gasteiger partial charge in [-0.15, -0.1) is 0 Å². The average molecular weight is 249 g/mol. The van der Waals surface area contributed by atoms with Crippen LogP contribution in [0.15, 0.2) is 18.2 Å². The van der Waals surface area contributed by atoms with Crippen LogP contribution < -0.4 is 10.5 Å². The summed E-state index contributed by atoms with van der Waals surface area (Å²) in [5.74, 6) is 0.605. The highest BCUT2D eigenvalue weighted by Gasteiger charge is 2.23. The van der Waals surface area contributed by atoms with Crippen molar-refractivity contribution >= 4 is 22.2 Å². The first-order valence-corrected chi connectivity index (χ1v) is 5.63. The third-order valence-electron chi connectivity index (χ3n) is 2.50. The standard InChI is InChI=1S/C10H7N3O3S/c11-10-12-9-6-3-5(13(14)15)1-2-7(6)16-4-8(9)17-10/h1-3H,4H2,(H2,11,12). The molecular formula is C10H7N3O3S. The Morgan fingerprint density at radius 1 is 1.53 bits per heavy atom. The molecule has 6 nitrogen and oxygen atoms in total. The van der Waals surface area contributed by atoms with Crippen LogP contribution in [0.2, 0.25) is 0 Å². The van der Waals surface area contributed by atoms with E-state index in [-0.39, 0.29) is 5.69 Å². The molecule has 0 bridgehead atoms. The van der Waals surface area contributed by atoms with Gasteiger partial charge < -0.3 is 10.5 Å². The Balaban J connectivity index is 2.22. The predicted molar refractivity (Wildman–Crippen MR) is 62.9 cm³/mol. The monoisotopic (exact) mass is 249 g/mol. The number of hydrogen-bond donors (Lipinski definition) is 1. The van der Waals surface area contributed by atoms with Crippen LogP contribution in [0.5, 0.6) is 5.75 Å². The molecule has 0 radical (unpaired) electrons. The zero-order valence-corrected chi connectivity index (χ0v) is 9.36. The lowest BCUT2D eigenvalue weighted by Crippen LogP contribution is -2.03. The second kappa shape index (κ2) is 3.42. The number of nitro groups is 1. The molecule has 7 heteroatoms. The van der Waals surface area contributed by atoms with Crippen LogP contribution in [0.25, 0.3) is 11.3 Å². The molecule has 0 saturated carbocycles. The van der Waals surface area contributed by atoms with Crippen molar-refractivity contribution in [2.24, 2.45) is 0 Å². The summed E-state index contributed by atoms with van der Waals surface area (Å²) in [5, 5.41) is 11.2. The highest BCUT2D eigenvalue weighted by molar-refractivity contribution is 7.15. The van der Waals surface area contributed by atoms with Gasteiger partial charge in [0.15, 0.2) is 5.13 Å². The number of anilines is 1. The first-order chi connectivity index (χ1) is 8.15. The second-order valence-corrected chi connectivity index (χ2v) is 4.67. The molecule has 2 heterocycles. The number of nitrogens with zero attached hydrogens (tertiary/aromatic N) is 2. The number of fused-ring (bicyclic) bond motifs is 3. The maximum atomic E-state index is 10.7. The van der Waals surface area contributed by atoms with Crippen molar-refractivity contribution in [2.75, 3.05) is 5.73 Å². The smallest absolute Gasteiger partial charge is 0.270 e. The Labute approximate surface area is 99.8 Å². The summed E-state index contributed by atoms with van der Waals surface area (Å²) < 4.78 is 5.49. The van der Waals surface area contributed by atoms with Crippen molar-refractivity contribution in [3.05, 3.63) is 33.2 Å². The average Bonchev–Trinajstić information content (AvgIpc) is 2.69. The number of non-ortho nitro benzene ring substituents is 1. The number of nitrogens with two attached hydrogens (primary N) is 1. The van der Waals surface area contributed by atoms with Crippen LogP contribution in [0.3, 0.4) is 0 Å². The van der Waals surface area contributed by atoms with Crippen LogP contribution in [0, 0.1) is 10.1 Å². The number of aromatic nitrogens is 1. The van der Waals surface area contributed by atoms with Crippen molar-refractivity contribution in [3.8, 4) is 17.0 Å². The molecule has 0 fully saturated rings. The molecule has 17 heavy (non-hydrogen) atoms. The molecule has 0 unspecified atom stereocenters. The summed E-state index contributed by atoms with van der Waals surface area (Å²) in [6, 6.07) is 4.47. The number of hydrogen-bond acceptors (Lipinski definition) is 6. The van der Waals surface area contributed by atoms with Crippen molar-refractivity contribution in [2.45, 2.75) is 6.61 Å². The Hall–Kier alpha value is -2.15. The fourth-order valence-corrected chi connectivity index (χ4v) is 2.52. The van der Waals surface area contributed by atoms with Crippen LogP contribution in [-0.2, 0) is 6.61 Å². The third kappa shape index (κ3) is 1.51. The highest BCUT2D eigenvalue weighted by Crippen LogP contribution is 2.41. The minimum atomic E-state index is -0.440. The summed E-state index contributed by atoms with van der Waals surface area (Å²) in [7, 11) is 0. The van der Waals surface area contributed by atoms with Gasteiger partial charge in [-0.05, 0) is 6.07 Å². The molecule has 2 N–H and O–H groups in total. The SMILES string of the molecule is Nc1nc2c(s1)COc1ccc([N+](=O)[O-])cc1-2. The van der Waals surface area contributed by atoms with Gasteiger partial charge in [0.05, 0.1) is 21.1 Å². The summed E-state index contributed by atoms with van der Waals surface area (Å²) in [6.07, 6.45) is 0. The lowest BCUT2D eigenvalue weighted by Gasteiger charge is -2.15. The second-order valence-electron chi connectivity index (χ2n) is 3.55. The van der Waals surface area contributed by atoms with Crippen molar-refractivity contribution in [3.63, 3.8) is 0 Å². The van der Waals surface area contributed by atoms with Gasteiger partial charge in [-0.2, -0.15) is 0 Å². The minimum Gasteiger partial charge on any atom is -0.487 e. The lowest BCUT2D eigenvalue weighted by molar-refractivity contribution is -0.384. The number of thiazole rings is 1. The van der Waals surface area contributed by atoms with Gasteiger partial charge >= 0.3 is 0 Å². The Morgan fingerprint density at radius 3 is 3.12 bits per heavy atom. The number of rotatable bonds is 1. The van der Waals surface area contributed by atoms with Gasteiger partial charge in [0.2, 0.25) is 0 Å². The molecule has 0 aliphatic carbocycles. The number of nitrogen functional groups attached to an aromatic ring is 1. The van der Waals surface area contributed by atoms with Gasteiger partial charge in [-0.3, -0.25) is 10.1 Å². The molecule has 0 spiro atoms. The molecule has 1 aromatic carbocycles. The summed E-state index contributed by atoms with van der Waals surface area (Å²) in [6.45, 7) is 0.412. The fourth-order valence-electron chi connectivity index (χ4n) is 1.76. The molecule has 1 aliphatic rings. The molecule has 3 rings (SSSR count). The quantitative estimate of drug-likeness (QED) is 0.617. The number of nitro benzene ring substituents is 1. The largest absolute Gasteiger partial charge is 0.487 e. The molecule has 2 aromatic rings. The van der Waals surface area contributed by atoms with Crippen molar-refractivity contribution in [1.29, 1.82) is 0 Å². The minimum absolute atomic E-state index is 0.0202. The highest BCUT2D eigenvalue weighted by atomic mass is 32.1. The summed E-state index contributed by atoms with van der Waals surface area (Å²) >= 11 is 1.34. The molecule has 1 aliphatic heterocycles. The predicted octanol–water partition coefficient (Wildman–Crippen LogP) is 2.19. The van der Waals surface area contributed by atoms with Gasteiger partial charge in [-0.1, -0.05) is 11.3 Å². The van der Waals surface area contributed by atoms with E-state index in [0.717, 1.165) is 4.88 Å². The van der Waals surface area contributed by atoms with E-state index in [1.165, 1.54) is 23.5 Å². The van der Waals surface area contributed by atoms with E-state index in [2.05, 4.69) is 4.98 Å². The molecule has 86 valence electrons. The topological polar surface area (TPSA) is 91.3 Å². The van der Waals surface area contributed by atoms with Gasteiger partial charge in [0.1, 0.15) is 12.4 Å². The maximum absolute atomic E-state index is 10.7. The van der Waals surface area contributed by atoms with E-state index in [1.807, 2.05) is 0 Å². The molecule has 0 saturated heterocycles. The Bertz CT molecular complexity index is 623. The van der Waals surface area contributed by atoms with Crippen LogP contribution in [-0.4, -0.2) is 9.91 Å². The molecule has 0 atom stereocenters. The van der Waals surface area contributed by atoms with E-state index in [4.69, 9.17) is 10.5 Å². The van der Waals surface area contributed by atoms with Crippen molar-refractivity contribution in [1.82, 2.24) is 4.98 Å². The van der Waals surface area contributed by atoms with E-state index >= 15 is 0 Å². The lowest BCUT2D eigenvalue weighted by atomic mass is 10.1. The normalized spacial score (nSPS) is 12.5. The van der Waals surface area contributed by atoms with Crippen molar-refractivity contribution < 1.29 is 9.66 Å². The number of ether oxygens (including phenoxy) is 1. The first-order valence-electron chi connectivity index (χ1n) is 4.82. The molecular weight excluding hydrogens is 242 g/mol. The summed E-state index contributed by atoms with van der Waals surface area (Å²) in [4.78, 5) is 15.4. The first kappa shape index (κ1) is 10.0. The molecule has 1 aromatic heterocycles. The van der Waals surface area contributed by atoms with E-state index in [1.54, 1.807) is 6.07 Å². The van der Waals surface area contributed by atoms with Crippen LogP contribution >= 0.6 is 11.3 Å². The van der Waals surface area contributed by atoms with E-state index in [0.29, 0.717) is 28.7 Å². The maximum Gasteiger partial charge on any atom is 0.270 e. The van der Waals surface area contributed by atoms with Gasteiger partial charge in [0.25, 0.3) is 5.69 Å². The van der Waals surface area contributed by atoms with Crippen LogP contribution in [0.1, 0.15) is 4.88 Å². The van der Waals surface area contributed by atoms with E-state index in [9.17, 15) is 10.1 Å². The van der Waals surface area contributed by atoms with E-state index < -0.39 is 4.92 Å².